The number of halogens is 3. The molecule has 0 saturated carbocycles. The Bertz CT molecular complexity index is 485. The van der Waals surface area contributed by atoms with Crippen LogP contribution in [0.15, 0.2) is 24.3 Å². The van der Waals surface area contributed by atoms with Crippen molar-refractivity contribution in [2.75, 3.05) is 6.54 Å². The third-order valence-corrected chi connectivity index (χ3v) is 1.99. The van der Waals surface area contributed by atoms with Crippen molar-refractivity contribution < 1.29 is 17.9 Å². The average molecular weight is 254 g/mol. The lowest BCUT2D eigenvalue weighted by molar-refractivity contribution is -0.274. The number of ether oxygens (including phenoxy) is 1. The molecule has 0 aliphatic carbocycles. The highest BCUT2D eigenvalue weighted by Gasteiger charge is 2.32. The summed E-state index contributed by atoms with van der Waals surface area (Å²) >= 11 is 0. The summed E-state index contributed by atoms with van der Waals surface area (Å²) in [6.45, 7) is 0.0680. The molecule has 1 rings (SSSR count). The van der Waals surface area contributed by atoms with Crippen LogP contribution in [-0.2, 0) is 0 Å². The van der Waals surface area contributed by atoms with Crippen molar-refractivity contribution >= 4 is 0 Å². The van der Waals surface area contributed by atoms with E-state index >= 15 is 0 Å². The molecule has 1 aromatic carbocycles. The molecule has 0 fully saturated rings. The van der Waals surface area contributed by atoms with Gasteiger partial charge in [-0.25, -0.2) is 0 Å². The number of hydrogen-bond donors (Lipinski definition) is 1. The van der Waals surface area contributed by atoms with Crippen LogP contribution in [0.4, 0.5) is 13.2 Å². The Morgan fingerprint density at radius 1 is 1.39 bits per heavy atom. The van der Waals surface area contributed by atoms with E-state index in [1.807, 2.05) is 6.07 Å². The molecule has 6 heteroatoms. The van der Waals surface area contributed by atoms with Crippen LogP contribution in [0, 0.1) is 23.7 Å². The number of benzene rings is 1. The van der Waals surface area contributed by atoms with Gasteiger partial charge in [0, 0.05) is 5.56 Å². The van der Waals surface area contributed by atoms with E-state index in [0.29, 0.717) is 0 Å². The molecule has 0 aromatic heterocycles. The van der Waals surface area contributed by atoms with Crippen molar-refractivity contribution in [2.45, 2.75) is 12.4 Å². The largest absolute Gasteiger partial charge is 0.573 e. The lowest BCUT2D eigenvalue weighted by Gasteiger charge is -2.16. The molecule has 1 aromatic rings. The predicted octanol–water partition coefficient (Wildman–Crippen LogP) is 2.37. The highest BCUT2D eigenvalue weighted by atomic mass is 19.4. The van der Waals surface area contributed by atoms with Crippen LogP contribution in [0.2, 0.25) is 0 Å². The second kappa shape index (κ2) is 5.95. The Kier molecular flexibility index (Phi) is 4.59. The summed E-state index contributed by atoms with van der Waals surface area (Å²) in [7, 11) is 0. The maximum absolute atomic E-state index is 12.2. The van der Waals surface area contributed by atoms with Crippen molar-refractivity contribution in [3.63, 3.8) is 0 Å². The normalized spacial score (nSPS) is 12.3. The third kappa shape index (κ3) is 4.00. The summed E-state index contributed by atoms with van der Waals surface area (Å²) in [5.74, 6) is 1.83. The molecule has 0 heterocycles. The fourth-order valence-corrected chi connectivity index (χ4v) is 1.32. The number of alkyl halides is 3. The van der Waals surface area contributed by atoms with Gasteiger partial charge >= 0.3 is 6.36 Å². The molecule has 3 nitrogen and oxygen atoms in total. The van der Waals surface area contributed by atoms with Crippen molar-refractivity contribution in [3.8, 4) is 24.2 Å². The molecule has 0 aliphatic rings. The minimum absolute atomic E-state index is 0.0680. The lowest BCUT2D eigenvalue weighted by atomic mass is 10.1. The van der Waals surface area contributed by atoms with Gasteiger partial charge in [0.1, 0.15) is 11.8 Å². The summed E-state index contributed by atoms with van der Waals surface area (Å²) in [6, 6.07) is 6.29. The maximum atomic E-state index is 12.2. The number of hydrogen-bond acceptors (Lipinski definition) is 3. The quantitative estimate of drug-likeness (QED) is 0.839. The van der Waals surface area contributed by atoms with Gasteiger partial charge < -0.3 is 4.74 Å². The average Bonchev–Trinajstić information content (AvgIpc) is 2.30. The topological polar surface area (TPSA) is 45.0 Å². The second-order valence-electron chi connectivity index (χ2n) is 3.23. The first-order valence-corrected chi connectivity index (χ1v) is 4.89. The van der Waals surface area contributed by atoms with Gasteiger partial charge in [0.15, 0.2) is 0 Å². The van der Waals surface area contributed by atoms with E-state index in [1.165, 1.54) is 18.2 Å². The lowest BCUT2D eigenvalue weighted by Crippen LogP contribution is -2.23. The Hall–Kier alpha value is -2.18. The molecule has 0 radical (unpaired) electrons. The van der Waals surface area contributed by atoms with Gasteiger partial charge in [-0.05, 0) is 6.07 Å². The van der Waals surface area contributed by atoms with Crippen LogP contribution >= 0.6 is 0 Å². The minimum Gasteiger partial charge on any atom is -0.405 e. The number of terminal acetylenes is 1. The number of rotatable bonds is 4. The van der Waals surface area contributed by atoms with Crippen molar-refractivity contribution in [3.05, 3.63) is 29.8 Å². The summed E-state index contributed by atoms with van der Waals surface area (Å²) in [6.07, 6.45) is 0.213. The first-order valence-electron chi connectivity index (χ1n) is 4.89. The summed E-state index contributed by atoms with van der Waals surface area (Å²) in [5, 5.41) is 11.5. The van der Waals surface area contributed by atoms with Gasteiger partial charge in [-0.15, -0.1) is 19.6 Å². The van der Waals surface area contributed by atoms with E-state index in [1.54, 1.807) is 0 Å². The minimum atomic E-state index is -4.80. The molecule has 0 aliphatic heterocycles. The smallest absolute Gasteiger partial charge is 0.405 e. The fourth-order valence-electron chi connectivity index (χ4n) is 1.32. The van der Waals surface area contributed by atoms with Crippen molar-refractivity contribution in [1.82, 2.24) is 5.32 Å². The van der Waals surface area contributed by atoms with Gasteiger partial charge in [0.05, 0.1) is 12.6 Å². The first-order chi connectivity index (χ1) is 8.48. The summed E-state index contributed by atoms with van der Waals surface area (Å²) in [5.41, 5.74) is 0.0903. The van der Waals surface area contributed by atoms with E-state index in [9.17, 15) is 13.2 Å². The Morgan fingerprint density at radius 2 is 2.06 bits per heavy atom. The van der Waals surface area contributed by atoms with E-state index in [-0.39, 0.29) is 12.1 Å². The Balaban J connectivity index is 3.01. The zero-order chi connectivity index (χ0) is 13.6. The van der Waals surface area contributed by atoms with Gasteiger partial charge in [0.2, 0.25) is 0 Å². The Labute approximate surface area is 102 Å². The highest BCUT2D eigenvalue weighted by Crippen LogP contribution is 2.29. The number of nitrogens with zero attached hydrogens (tertiary/aromatic N) is 1. The SMILES string of the molecule is C#CCNC(C#N)c1ccccc1OC(F)(F)F. The van der Waals surface area contributed by atoms with E-state index in [0.717, 1.165) is 6.07 Å². The summed E-state index contributed by atoms with van der Waals surface area (Å²) in [4.78, 5) is 0. The van der Waals surface area contributed by atoms with Crippen LogP contribution in [0.3, 0.4) is 0 Å². The van der Waals surface area contributed by atoms with Gasteiger partial charge in [-0.1, -0.05) is 24.1 Å². The van der Waals surface area contributed by atoms with Crippen LogP contribution < -0.4 is 10.1 Å². The molecule has 1 atom stereocenters. The second-order valence-corrected chi connectivity index (χ2v) is 3.23. The fraction of sp³-hybridized carbons (Fsp3) is 0.250. The Morgan fingerprint density at radius 3 is 2.61 bits per heavy atom. The molecule has 0 saturated heterocycles. The standard InChI is InChI=1S/C12H9F3N2O/c1-2-7-17-10(8-16)9-5-3-4-6-11(9)18-12(13,14)15/h1,3-6,10,17H,7H2. The molecule has 0 amide bonds. The molecule has 18 heavy (non-hydrogen) atoms. The summed E-state index contributed by atoms with van der Waals surface area (Å²) < 4.78 is 40.4. The molecule has 94 valence electrons. The van der Waals surface area contributed by atoms with Gasteiger partial charge in [-0.2, -0.15) is 5.26 Å². The zero-order valence-electron chi connectivity index (χ0n) is 9.16. The highest BCUT2D eigenvalue weighted by molar-refractivity contribution is 5.38. The number of para-hydroxylation sites is 1. The maximum Gasteiger partial charge on any atom is 0.573 e. The van der Waals surface area contributed by atoms with Gasteiger partial charge in [-0.3, -0.25) is 5.32 Å². The van der Waals surface area contributed by atoms with E-state index in [2.05, 4.69) is 16.0 Å². The van der Waals surface area contributed by atoms with Crippen LogP contribution in [0.25, 0.3) is 0 Å². The van der Waals surface area contributed by atoms with Crippen molar-refractivity contribution in [1.29, 1.82) is 5.26 Å². The van der Waals surface area contributed by atoms with Crippen LogP contribution in [0.5, 0.6) is 5.75 Å². The monoisotopic (exact) mass is 254 g/mol. The van der Waals surface area contributed by atoms with E-state index in [4.69, 9.17) is 11.7 Å². The third-order valence-electron chi connectivity index (χ3n) is 1.99. The molecular formula is C12H9F3N2O. The number of nitriles is 1. The molecule has 1 unspecified atom stereocenters. The molecule has 0 bridgehead atoms. The van der Waals surface area contributed by atoms with Crippen LogP contribution in [-0.4, -0.2) is 12.9 Å². The molecule has 0 spiro atoms. The molecule has 1 N–H and O–H groups in total. The zero-order valence-corrected chi connectivity index (χ0v) is 9.16. The van der Waals surface area contributed by atoms with Crippen LogP contribution in [0.1, 0.15) is 11.6 Å². The number of nitrogens with one attached hydrogen (secondary N) is 1. The van der Waals surface area contributed by atoms with Gasteiger partial charge in [0.25, 0.3) is 0 Å². The van der Waals surface area contributed by atoms with E-state index < -0.39 is 18.2 Å². The first kappa shape index (κ1) is 13.9. The molecular weight excluding hydrogens is 245 g/mol. The van der Waals surface area contributed by atoms with Crippen molar-refractivity contribution in [2.24, 2.45) is 0 Å². The predicted molar refractivity (Wildman–Crippen MR) is 58.3 cm³/mol.